The van der Waals surface area contributed by atoms with Crippen molar-refractivity contribution in [2.75, 3.05) is 5.32 Å². The third kappa shape index (κ3) is 2.46. The minimum absolute atomic E-state index is 0.256. The molecule has 4 aromatic heterocycles. The van der Waals surface area contributed by atoms with E-state index in [1.807, 2.05) is 25.4 Å². The fourth-order valence-electron chi connectivity index (χ4n) is 2.47. The molecule has 4 aromatic rings. The third-order valence-electron chi connectivity index (χ3n) is 3.62. The van der Waals surface area contributed by atoms with Gasteiger partial charge in [0.2, 0.25) is 0 Å². The highest BCUT2D eigenvalue weighted by molar-refractivity contribution is 7.14. The number of hydrogen-bond donors (Lipinski definition) is 1. The van der Waals surface area contributed by atoms with Crippen molar-refractivity contribution in [3.63, 3.8) is 0 Å². The van der Waals surface area contributed by atoms with Crippen LogP contribution in [0.2, 0.25) is 0 Å². The highest BCUT2D eigenvalue weighted by Gasteiger charge is 2.14. The molecule has 0 radical (unpaired) electrons. The summed E-state index contributed by atoms with van der Waals surface area (Å²) in [6.07, 6.45) is 3.13. The zero-order valence-corrected chi connectivity index (χ0v) is 13.8. The summed E-state index contributed by atoms with van der Waals surface area (Å²) < 4.78 is 7.00. The van der Waals surface area contributed by atoms with Gasteiger partial charge in [-0.1, -0.05) is 0 Å². The minimum Gasteiger partial charge on any atom is -0.463 e. The molecule has 0 aliphatic carbocycles. The summed E-state index contributed by atoms with van der Waals surface area (Å²) in [6.45, 7) is 1.89. The van der Waals surface area contributed by atoms with E-state index in [4.69, 9.17) is 4.42 Å². The maximum Gasteiger partial charge on any atom is 0.259 e. The number of nitrogens with zero attached hydrogens (tertiary/aromatic N) is 4. The molecule has 4 rings (SSSR count). The molecule has 0 bridgehead atoms. The van der Waals surface area contributed by atoms with Crippen LogP contribution in [0.15, 0.2) is 40.5 Å². The lowest BCUT2D eigenvalue weighted by Gasteiger charge is -2.02. The fraction of sp³-hybridized carbons (Fsp3) is 0.125. The molecule has 0 unspecified atom stereocenters. The fourth-order valence-corrected chi connectivity index (χ4v) is 3.16. The van der Waals surface area contributed by atoms with Crippen molar-refractivity contribution in [1.29, 1.82) is 0 Å². The first-order valence-electron chi connectivity index (χ1n) is 7.22. The Labute approximate surface area is 141 Å². The monoisotopic (exact) mass is 339 g/mol. The summed E-state index contributed by atoms with van der Waals surface area (Å²) >= 11 is 1.34. The Balaban J connectivity index is 1.59. The van der Waals surface area contributed by atoms with Crippen molar-refractivity contribution in [3.05, 3.63) is 47.3 Å². The van der Waals surface area contributed by atoms with Crippen LogP contribution in [0.25, 0.3) is 22.5 Å². The van der Waals surface area contributed by atoms with E-state index in [2.05, 4.69) is 20.4 Å². The summed E-state index contributed by atoms with van der Waals surface area (Å²) in [6, 6.07) is 5.41. The molecule has 24 heavy (non-hydrogen) atoms. The first-order valence-corrected chi connectivity index (χ1v) is 8.10. The number of anilines is 1. The number of carbonyl (C=O) groups excluding carboxylic acids is 1. The van der Waals surface area contributed by atoms with Crippen LogP contribution < -0.4 is 5.32 Å². The number of nitrogens with one attached hydrogen (secondary N) is 1. The molecular weight excluding hydrogens is 326 g/mol. The molecule has 8 heteroatoms. The normalized spacial score (nSPS) is 11.1. The minimum atomic E-state index is -0.256. The zero-order chi connectivity index (χ0) is 16.7. The third-order valence-corrected chi connectivity index (χ3v) is 4.38. The number of rotatable bonds is 3. The number of hydrogen-bond acceptors (Lipinski definition) is 6. The highest BCUT2D eigenvalue weighted by atomic mass is 32.1. The van der Waals surface area contributed by atoms with Gasteiger partial charge in [0.1, 0.15) is 5.69 Å². The second-order valence-electron chi connectivity index (χ2n) is 5.27. The number of furan rings is 1. The molecule has 120 valence electrons. The average molecular weight is 339 g/mol. The molecule has 1 N–H and O–H groups in total. The molecule has 0 aliphatic rings. The van der Waals surface area contributed by atoms with Crippen LogP contribution in [-0.2, 0) is 7.05 Å². The van der Waals surface area contributed by atoms with Gasteiger partial charge >= 0.3 is 0 Å². The quantitative estimate of drug-likeness (QED) is 0.619. The molecule has 0 atom stereocenters. The van der Waals surface area contributed by atoms with Gasteiger partial charge in [0, 0.05) is 24.0 Å². The van der Waals surface area contributed by atoms with E-state index in [0.29, 0.717) is 22.1 Å². The predicted octanol–water partition coefficient (Wildman–Crippen LogP) is 3.25. The lowest BCUT2D eigenvalue weighted by atomic mass is 10.2. The van der Waals surface area contributed by atoms with Crippen molar-refractivity contribution in [3.8, 4) is 11.5 Å². The topological polar surface area (TPSA) is 85.8 Å². The maximum atomic E-state index is 12.4. The van der Waals surface area contributed by atoms with Gasteiger partial charge in [-0.05, 0) is 25.1 Å². The number of aryl methyl sites for hydroxylation is 2. The summed E-state index contributed by atoms with van der Waals surface area (Å²) in [5.74, 6) is 0.411. The van der Waals surface area contributed by atoms with E-state index in [1.54, 1.807) is 29.3 Å². The van der Waals surface area contributed by atoms with Crippen molar-refractivity contribution in [2.45, 2.75) is 6.92 Å². The summed E-state index contributed by atoms with van der Waals surface area (Å²) in [7, 11) is 1.83. The van der Waals surface area contributed by atoms with E-state index in [1.165, 1.54) is 11.3 Å². The number of fused-ring (bicyclic) bond motifs is 1. The van der Waals surface area contributed by atoms with E-state index in [9.17, 15) is 4.79 Å². The van der Waals surface area contributed by atoms with Crippen LogP contribution >= 0.6 is 11.3 Å². The number of aromatic nitrogens is 4. The van der Waals surface area contributed by atoms with Gasteiger partial charge in [0.05, 0.1) is 17.5 Å². The van der Waals surface area contributed by atoms with E-state index in [-0.39, 0.29) is 5.91 Å². The van der Waals surface area contributed by atoms with Crippen LogP contribution in [0, 0.1) is 6.92 Å². The first kappa shape index (κ1) is 14.6. The molecule has 7 nitrogen and oxygen atoms in total. The Morgan fingerprint density at radius 1 is 1.42 bits per heavy atom. The van der Waals surface area contributed by atoms with Crippen molar-refractivity contribution in [1.82, 2.24) is 19.7 Å². The maximum absolute atomic E-state index is 12.4. The second-order valence-corrected chi connectivity index (χ2v) is 6.13. The molecule has 0 saturated carbocycles. The van der Waals surface area contributed by atoms with Crippen molar-refractivity contribution < 1.29 is 9.21 Å². The molecule has 0 aliphatic heterocycles. The zero-order valence-electron chi connectivity index (χ0n) is 13.0. The molecule has 4 heterocycles. The first-order chi connectivity index (χ1) is 11.6. The van der Waals surface area contributed by atoms with E-state index in [0.717, 1.165) is 16.7 Å². The van der Waals surface area contributed by atoms with Crippen LogP contribution in [-0.4, -0.2) is 25.7 Å². The van der Waals surface area contributed by atoms with Gasteiger partial charge in [-0.25, -0.2) is 9.97 Å². The standard InChI is InChI=1S/C16H13N5O2S/c1-9-11-6-10(7-17-14(11)21(2)20-9)15(22)19-16-18-12(8-24-16)13-4-3-5-23-13/h3-8H,1-2H3,(H,18,19,22). The van der Waals surface area contributed by atoms with E-state index < -0.39 is 0 Å². The van der Waals surface area contributed by atoms with Crippen LogP contribution in [0.3, 0.4) is 0 Å². The summed E-state index contributed by atoms with van der Waals surface area (Å²) in [4.78, 5) is 21.1. The smallest absolute Gasteiger partial charge is 0.259 e. The number of carbonyl (C=O) groups is 1. The molecule has 0 fully saturated rings. The summed E-state index contributed by atoms with van der Waals surface area (Å²) in [5, 5.41) is 10.3. The lowest BCUT2D eigenvalue weighted by Crippen LogP contribution is -2.12. The second kappa shape index (κ2) is 5.57. The molecule has 1 amide bonds. The largest absolute Gasteiger partial charge is 0.463 e. The highest BCUT2D eigenvalue weighted by Crippen LogP contribution is 2.25. The summed E-state index contributed by atoms with van der Waals surface area (Å²) in [5.41, 5.74) is 2.74. The average Bonchev–Trinajstić information content (AvgIpc) is 3.29. The van der Waals surface area contributed by atoms with Gasteiger partial charge in [-0.15, -0.1) is 11.3 Å². The Morgan fingerprint density at radius 3 is 3.08 bits per heavy atom. The van der Waals surface area contributed by atoms with Gasteiger partial charge in [0.25, 0.3) is 5.91 Å². The van der Waals surface area contributed by atoms with Gasteiger partial charge in [-0.3, -0.25) is 14.8 Å². The van der Waals surface area contributed by atoms with E-state index >= 15 is 0 Å². The Morgan fingerprint density at radius 2 is 2.29 bits per heavy atom. The number of thiazole rings is 1. The van der Waals surface area contributed by atoms with Crippen molar-refractivity contribution in [2.24, 2.45) is 7.05 Å². The molecule has 0 saturated heterocycles. The molecule has 0 aromatic carbocycles. The van der Waals surface area contributed by atoms with Crippen LogP contribution in [0.4, 0.5) is 5.13 Å². The predicted molar refractivity (Wildman–Crippen MR) is 91.0 cm³/mol. The number of amides is 1. The number of pyridine rings is 1. The Kier molecular flexibility index (Phi) is 3.39. The van der Waals surface area contributed by atoms with Gasteiger partial charge < -0.3 is 4.42 Å². The van der Waals surface area contributed by atoms with Crippen molar-refractivity contribution >= 4 is 33.4 Å². The Bertz CT molecular complexity index is 1030. The SMILES string of the molecule is Cc1nn(C)c2ncc(C(=O)Nc3nc(-c4ccco4)cs3)cc12. The molecular formula is C16H13N5O2S. The van der Waals surface area contributed by atoms with Crippen LogP contribution in [0.5, 0.6) is 0 Å². The lowest BCUT2D eigenvalue weighted by molar-refractivity contribution is 0.102. The van der Waals surface area contributed by atoms with Gasteiger partial charge in [0.15, 0.2) is 16.5 Å². The van der Waals surface area contributed by atoms with Gasteiger partial charge in [-0.2, -0.15) is 5.10 Å². The Hall–Kier alpha value is -3.00. The molecule has 0 spiro atoms. The van der Waals surface area contributed by atoms with Crippen LogP contribution in [0.1, 0.15) is 16.1 Å².